The highest BCUT2D eigenvalue weighted by Gasteiger charge is 2.11. The number of rotatable bonds is 5. The summed E-state index contributed by atoms with van der Waals surface area (Å²) in [6.45, 7) is 1.91. The predicted octanol–water partition coefficient (Wildman–Crippen LogP) is 2.64. The Morgan fingerprint density at radius 2 is 2.12 bits per heavy atom. The fourth-order valence-electron chi connectivity index (χ4n) is 1.36. The minimum Gasteiger partial charge on any atom is -0.352 e. The van der Waals surface area contributed by atoms with E-state index in [1.54, 1.807) is 0 Å². The number of hydrogen-bond acceptors (Lipinski definition) is 1. The lowest BCUT2D eigenvalue weighted by atomic mass is 10.1. The van der Waals surface area contributed by atoms with Crippen molar-refractivity contribution in [3.8, 4) is 0 Å². The molecule has 1 atom stereocenters. The molecule has 1 N–H and O–H groups in total. The van der Waals surface area contributed by atoms with Crippen molar-refractivity contribution in [3.05, 3.63) is 35.4 Å². The molecule has 0 fully saturated rings. The van der Waals surface area contributed by atoms with Gasteiger partial charge in [-0.15, -0.1) is 11.6 Å². The monoisotopic (exact) mass is 261 g/mol. The van der Waals surface area contributed by atoms with Gasteiger partial charge in [-0.05, 0) is 24.1 Å². The van der Waals surface area contributed by atoms with Gasteiger partial charge in [-0.1, -0.05) is 13.0 Å². The molecule has 2 nitrogen and oxygen atoms in total. The van der Waals surface area contributed by atoms with Crippen LogP contribution in [0.1, 0.15) is 18.9 Å². The van der Waals surface area contributed by atoms with Crippen LogP contribution in [0.3, 0.4) is 0 Å². The Kier molecular flexibility index (Phi) is 5.35. The zero-order valence-corrected chi connectivity index (χ0v) is 10.2. The Morgan fingerprint density at radius 1 is 1.41 bits per heavy atom. The standard InChI is InChI=1S/C12H14ClF2NO/c1-2-9(7-13)16-12(17)6-8-3-4-10(14)11(15)5-8/h3-5,9H,2,6-7H2,1H3,(H,16,17). The third-order valence-corrected chi connectivity index (χ3v) is 2.77. The summed E-state index contributed by atoms with van der Waals surface area (Å²) in [6.07, 6.45) is 0.748. The second kappa shape index (κ2) is 6.55. The first-order valence-electron chi connectivity index (χ1n) is 5.36. The van der Waals surface area contributed by atoms with Gasteiger partial charge in [-0.2, -0.15) is 0 Å². The number of amides is 1. The molecule has 0 aromatic heterocycles. The van der Waals surface area contributed by atoms with Crippen LogP contribution in [0, 0.1) is 11.6 Å². The van der Waals surface area contributed by atoms with Gasteiger partial charge in [0.05, 0.1) is 6.42 Å². The third-order valence-electron chi connectivity index (χ3n) is 2.39. The van der Waals surface area contributed by atoms with Gasteiger partial charge in [0.1, 0.15) is 0 Å². The molecule has 0 bridgehead atoms. The van der Waals surface area contributed by atoms with Crippen molar-refractivity contribution in [3.63, 3.8) is 0 Å². The van der Waals surface area contributed by atoms with E-state index >= 15 is 0 Å². The van der Waals surface area contributed by atoms with Crippen molar-refractivity contribution >= 4 is 17.5 Å². The van der Waals surface area contributed by atoms with E-state index in [0.29, 0.717) is 11.4 Å². The van der Waals surface area contributed by atoms with Crippen LogP contribution in [-0.2, 0) is 11.2 Å². The van der Waals surface area contributed by atoms with Crippen LogP contribution >= 0.6 is 11.6 Å². The number of nitrogens with one attached hydrogen (secondary N) is 1. The highest BCUT2D eigenvalue weighted by Crippen LogP contribution is 2.09. The van der Waals surface area contributed by atoms with E-state index in [0.717, 1.165) is 18.6 Å². The highest BCUT2D eigenvalue weighted by atomic mass is 35.5. The van der Waals surface area contributed by atoms with E-state index in [-0.39, 0.29) is 18.4 Å². The van der Waals surface area contributed by atoms with Gasteiger partial charge in [0.2, 0.25) is 5.91 Å². The Balaban J connectivity index is 2.58. The molecular formula is C12H14ClF2NO. The van der Waals surface area contributed by atoms with Crippen LogP contribution in [-0.4, -0.2) is 17.8 Å². The van der Waals surface area contributed by atoms with Gasteiger partial charge in [0.25, 0.3) is 0 Å². The summed E-state index contributed by atoms with van der Waals surface area (Å²) in [5, 5.41) is 2.71. The number of hydrogen-bond donors (Lipinski definition) is 1. The summed E-state index contributed by atoms with van der Waals surface area (Å²) < 4.78 is 25.6. The molecule has 94 valence electrons. The first kappa shape index (κ1) is 13.9. The molecular weight excluding hydrogens is 248 g/mol. The molecule has 17 heavy (non-hydrogen) atoms. The topological polar surface area (TPSA) is 29.1 Å². The van der Waals surface area contributed by atoms with Crippen LogP contribution < -0.4 is 5.32 Å². The molecule has 0 saturated carbocycles. The van der Waals surface area contributed by atoms with Crippen molar-refractivity contribution < 1.29 is 13.6 Å². The van der Waals surface area contributed by atoms with Gasteiger partial charge < -0.3 is 5.32 Å². The molecule has 0 saturated heterocycles. The lowest BCUT2D eigenvalue weighted by Gasteiger charge is -2.13. The lowest BCUT2D eigenvalue weighted by molar-refractivity contribution is -0.121. The molecule has 5 heteroatoms. The zero-order chi connectivity index (χ0) is 12.8. The fraction of sp³-hybridized carbons (Fsp3) is 0.417. The van der Waals surface area contributed by atoms with Crippen molar-refractivity contribution in [1.29, 1.82) is 0 Å². The number of alkyl halides is 1. The van der Waals surface area contributed by atoms with Gasteiger partial charge in [-0.25, -0.2) is 8.78 Å². The summed E-state index contributed by atoms with van der Waals surface area (Å²) in [7, 11) is 0. The van der Waals surface area contributed by atoms with Crippen LogP contribution in [0.4, 0.5) is 8.78 Å². The molecule has 1 unspecified atom stereocenters. The lowest BCUT2D eigenvalue weighted by Crippen LogP contribution is -2.36. The van der Waals surface area contributed by atoms with E-state index in [2.05, 4.69) is 5.32 Å². The largest absolute Gasteiger partial charge is 0.352 e. The van der Waals surface area contributed by atoms with E-state index < -0.39 is 11.6 Å². The van der Waals surface area contributed by atoms with Crippen molar-refractivity contribution in [2.24, 2.45) is 0 Å². The molecule has 0 heterocycles. The van der Waals surface area contributed by atoms with Crippen LogP contribution in [0.25, 0.3) is 0 Å². The van der Waals surface area contributed by atoms with Gasteiger partial charge >= 0.3 is 0 Å². The van der Waals surface area contributed by atoms with Crippen molar-refractivity contribution in [1.82, 2.24) is 5.32 Å². The molecule has 0 aliphatic carbocycles. The van der Waals surface area contributed by atoms with Crippen LogP contribution in [0.15, 0.2) is 18.2 Å². The number of benzene rings is 1. The van der Waals surface area contributed by atoms with Crippen molar-refractivity contribution in [2.45, 2.75) is 25.8 Å². The average molecular weight is 262 g/mol. The van der Waals surface area contributed by atoms with Gasteiger partial charge in [0, 0.05) is 11.9 Å². The minimum absolute atomic E-state index is 0.0184. The summed E-state index contributed by atoms with van der Waals surface area (Å²) >= 11 is 5.64. The van der Waals surface area contributed by atoms with E-state index in [1.807, 2.05) is 6.92 Å². The Bertz CT molecular complexity index is 394. The Labute approximate surface area is 104 Å². The molecule has 1 aromatic carbocycles. The second-order valence-electron chi connectivity index (χ2n) is 3.75. The maximum Gasteiger partial charge on any atom is 0.224 e. The summed E-state index contributed by atoms with van der Waals surface area (Å²) in [5.74, 6) is -1.77. The smallest absolute Gasteiger partial charge is 0.224 e. The summed E-state index contributed by atoms with van der Waals surface area (Å²) in [4.78, 5) is 11.6. The van der Waals surface area contributed by atoms with Gasteiger partial charge in [-0.3, -0.25) is 4.79 Å². The Hall–Kier alpha value is -1.16. The first-order chi connectivity index (χ1) is 8.06. The van der Waals surface area contributed by atoms with Crippen LogP contribution in [0.5, 0.6) is 0 Å². The SMILES string of the molecule is CCC(CCl)NC(=O)Cc1ccc(F)c(F)c1. The normalized spacial score (nSPS) is 12.2. The van der Waals surface area contributed by atoms with E-state index in [9.17, 15) is 13.6 Å². The average Bonchev–Trinajstić information content (AvgIpc) is 2.31. The van der Waals surface area contributed by atoms with Crippen LogP contribution in [0.2, 0.25) is 0 Å². The first-order valence-corrected chi connectivity index (χ1v) is 5.89. The maximum atomic E-state index is 12.9. The van der Waals surface area contributed by atoms with Crippen molar-refractivity contribution in [2.75, 3.05) is 5.88 Å². The van der Waals surface area contributed by atoms with E-state index in [4.69, 9.17) is 11.6 Å². The fourth-order valence-corrected chi connectivity index (χ4v) is 1.66. The number of halogens is 3. The summed E-state index contributed by atoms with van der Waals surface area (Å²) in [6, 6.07) is 3.34. The molecule has 0 aliphatic rings. The third kappa shape index (κ3) is 4.30. The predicted molar refractivity (Wildman–Crippen MR) is 63.0 cm³/mol. The Morgan fingerprint density at radius 3 is 2.65 bits per heavy atom. The molecule has 1 rings (SSSR count). The quantitative estimate of drug-likeness (QED) is 0.811. The summed E-state index contributed by atoms with van der Waals surface area (Å²) in [5.41, 5.74) is 0.436. The number of carbonyl (C=O) groups excluding carboxylic acids is 1. The number of carbonyl (C=O) groups is 1. The maximum absolute atomic E-state index is 12.9. The zero-order valence-electron chi connectivity index (χ0n) is 9.47. The molecule has 1 aromatic rings. The molecule has 0 aliphatic heterocycles. The molecule has 1 amide bonds. The molecule has 0 spiro atoms. The molecule has 0 radical (unpaired) electrons. The minimum atomic E-state index is -0.945. The second-order valence-corrected chi connectivity index (χ2v) is 4.06. The van der Waals surface area contributed by atoms with Gasteiger partial charge in [0.15, 0.2) is 11.6 Å². The highest BCUT2D eigenvalue weighted by molar-refractivity contribution is 6.18. The van der Waals surface area contributed by atoms with E-state index in [1.165, 1.54) is 6.07 Å².